The number of aromatic amines is 1. The fraction of sp³-hybridized carbons (Fsp3) is 0.500. The Morgan fingerprint density at radius 1 is 1.17 bits per heavy atom. The zero-order valence-electron chi connectivity index (χ0n) is 22.2. The molecule has 0 radical (unpaired) electrons. The number of nitrogens with two attached hydrogens (primary N) is 2. The molecule has 42 heavy (non-hydrogen) atoms. The molecule has 6 heterocycles. The van der Waals surface area contributed by atoms with Crippen molar-refractivity contribution in [1.29, 1.82) is 0 Å². The molecule has 6 rings (SSSR count). The second-order valence-electron chi connectivity index (χ2n) is 9.91. The summed E-state index contributed by atoms with van der Waals surface area (Å²) in [6, 6.07) is 1.83. The Hall–Kier alpha value is -3.34. The molecule has 4 unspecified atom stereocenters. The lowest BCUT2D eigenvalue weighted by molar-refractivity contribution is -0.0461. The minimum Gasteiger partial charge on any atom is -0.383 e. The van der Waals surface area contributed by atoms with Gasteiger partial charge in [-0.2, -0.15) is 4.98 Å². The maximum Gasteiger partial charge on any atom is 0.694 e. The standard InChI is InChI=1S/C22H27N9O9P2/c1-42(35,37-8-11-2-3-15(38-11)30-5-4-13-17(23)25-9-26-18(13)30)40-14-6-12(7-36-41(33)34)39-21(14)31-10-27-16-19(31)28-22(24)29-20(16)32/h4-5,9-12,14-15,21H,2-3,6-8H2,1H3,(H5-,23,24,25,26,28,29,32,33,34)/p+1/t11?,12-,14?,15+,21+,42?/m0/s1. The van der Waals surface area contributed by atoms with E-state index in [9.17, 15) is 13.9 Å². The molecule has 6 N–H and O–H groups in total. The van der Waals surface area contributed by atoms with Crippen molar-refractivity contribution in [2.75, 3.05) is 31.3 Å². The average molecular weight is 624 g/mol. The predicted octanol–water partition coefficient (Wildman–Crippen LogP) is 1.58. The smallest absolute Gasteiger partial charge is 0.383 e. The lowest BCUT2D eigenvalue weighted by atomic mass is 10.2. The Morgan fingerprint density at radius 2 is 2.00 bits per heavy atom. The molecule has 0 saturated carbocycles. The third-order valence-corrected chi connectivity index (χ3v) is 8.64. The summed E-state index contributed by atoms with van der Waals surface area (Å²) in [5, 5.41) is 0.725. The minimum atomic E-state index is -3.70. The molecule has 18 nitrogen and oxygen atoms in total. The number of hydrogen-bond acceptors (Lipinski definition) is 14. The van der Waals surface area contributed by atoms with Crippen LogP contribution in [0.3, 0.4) is 0 Å². The second-order valence-corrected chi connectivity index (χ2v) is 12.7. The molecule has 2 fully saturated rings. The van der Waals surface area contributed by atoms with Crippen LogP contribution in [-0.2, 0) is 32.2 Å². The lowest BCUT2D eigenvalue weighted by Crippen LogP contribution is -2.23. The molecular formula is C22H28N9O9P2+. The number of nitrogen functional groups attached to an aromatic ring is 2. The summed E-state index contributed by atoms with van der Waals surface area (Å²) < 4.78 is 56.5. The number of anilines is 2. The summed E-state index contributed by atoms with van der Waals surface area (Å²) in [6.07, 6.45) is 2.73. The highest BCUT2D eigenvalue weighted by Crippen LogP contribution is 2.50. The molecule has 2 aliphatic heterocycles. The van der Waals surface area contributed by atoms with Gasteiger partial charge in [0, 0.05) is 23.8 Å². The molecule has 20 heteroatoms. The first kappa shape index (κ1) is 28.8. The van der Waals surface area contributed by atoms with E-state index in [1.54, 1.807) is 0 Å². The number of imidazole rings is 1. The van der Waals surface area contributed by atoms with Crippen LogP contribution in [-0.4, -0.2) is 77.1 Å². The molecule has 0 aromatic carbocycles. The maximum atomic E-state index is 13.5. The quantitative estimate of drug-likeness (QED) is 0.183. The number of rotatable bonds is 10. The predicted molar refractivity (Wildman–Crippen MR) is 146 cm³/mol. The molecule has 7 atom stereocenters. The largest absolute Gasteiger partial charge is 0.694 e. The van der Waals surface area contributed by atoms with Crippen LogP contribution in [0.15, 0.2) is 29.7 Å². The van der Waals surface area contributed by atoms with E-state index in [0.29, 0.717) is 24.3 Å². The van der Waals surface area contributed by atoms with Crippen molar-refractivity contribution in [1.82, 2.24) is 34.1 Å². The van der Waals surface area contributed by atoms with Crippen molar-refractivity contribution in [2.24, 2.45) is 0 Å². The molecule has 0 bridgehead atoms. The van der Waals surface area contributed by atoms with E-state index in [1.165, 1.54) is 23.9 Å². The molecule has 224 valence electrons. The number of nitrogens with zero attached hydrogens (tertiary/aromatic N) is 6. The van der Waals surface area contributed by atoms with Crippen LogP contribution in [0.2, 0.25) is 0 Å². The number of hydrogen-bond donors (Lipinski definition) is 4. The number of ether oxygens (including phenoxy) is 2. The average Bonchev–Trinajstić information content (AvgIpc) is 3.72. The number of nitrogens with one attached hydrogen (secondary N) is 1. The van der Waals surface area contributed by atoms with Crippen LogP contribution in [0.4, 0.5) is 11.8 Å². The maximum absolute atomic E-state index is 13.5. The van der Waals surface area contributed by atoms with Crippen molar-refractivity contribution in [3.63, 3.8) is 0 Å². The zero-order chi connectivity index (χ0) is 29.6. The van der Waals surface area contributed by atoms with Gasteiger partial charge in [0.15, 0.2) is 17.4 Å². The Kier molecular flexibility index (Phi) is 7.80. The van der Waals surface area contributed by atoms with Gasteiger partial charge in [-0.05, 0) is 18.9 Å². The normalized spacial score (nSPS) is 26.2. The molecule has 2 saturated heterocycles. The van der Waals surface area contributed by atoms with Crippen molar-refractivity contribution in [3.8, 4) is 0 Å². The van der Waals surface area contributed by atoms with Gasteiger partial charge in [-0.3, -0.25) is 18.9 Å². The molecule has 4 aromatic rings. The Morgan fingerprint density at radius 3 is 2.81 bits per heavy atom. The van der Waals surface area contributed by atoms with Crippen molar-refractivity contribution >= 4 is 49.8 Å². The van der Waals surface area contributed by atoms with Crippen LogP contribution < -0.4 is 17.0 Å². The van der Waals surface area contributed by atoms with Gasteiger partial charge in [-0.1, -0.05) is 0 Å². The van der Waals surface area contributed by atoms with Crippen LogP contribution in [0, 0.1) is 0 Å². The number of H-pyrrole nitrogens is 1. The van der Waals surface area contributed by atoms with E-state index >= 15 is 0 Å². The van der Waals surface area contributed by atoms with Gasteiger partial charge in [0.05, 0.1) is 30.5 Å². The molecule has 2 aliphatic rings. The fourth-order valence-electron chi connectivity index (χ4n) is 5.17. The highest BCUT2D eigenvalue weighted by molar-refractivity contribution is 7.53. The van der Waals surface area contributed by atoms with Gasteiger partial charge in [0.25, 0.3) is 5.56 Å². The summed E-state index contributed by atoms with van der Waals surface area (Å²) in [5.41, 5.74) is 11.9. The first-order chi connectivity index (χ1) is 20.1. The van der Waals surface area contributed by atoms with Crippen molar-refractivity contribution in [2.45, 2.75) is 50.0 Å². The van der Waals surface area contributed by atoms with Gasteiger partial charge in [-0.25, -0.2) is 15.0 Å². The van der Waals surface area contributed by atoms with E-state index in [-0.39, 0.29) is 49.1 Å². The molecular weight excluding hydrogens is 596 g/mol. The van der Waals surface area contributed by atoms with Crippen LogP contribution >= 0.6 is 15.9 Å². The van der Waals surface area contributed by atoms with E-state index in [2.05, 4.69) is 24.9 Å². The van der Waals surface area contributed by atoms with E-state index in [1.807, 2.05) is 16.8 Å². The summed E-state index contributed by atoms with van der Waals surface area (Å²) >= 11 is 0. The number of aromatic nitrogens is 7. The van der Waals surface area contributed by atoms with Gasteiger partial charge in [0.1, 0.15) is 36.7 Å². The van der Waals surface area contributed by atoms with Crippen molar-refractivity contribution in [3.05, 3.63) is 35.3 Å². The Bertz CT molecular complexity index is 1740. The third-order valence-electron chi connectivity index (χ3n) is 7.00. The lowest BCUT2D eigenvalue weighted by Gasteiger charge is -2.24. The van der Waals surface area contributed by atoms with Gasteiger partial charge in [0.2, 0.25) is 5.95 Å². The van der Waals surface area contributed by atoms with Gasteiger partial charge >= 0.3 is 15.9 Å². The van der Waals surface area contributed by atoms with Crippen LogP contribution in [0.1, 0.15) is 31.7 Å². The highest BCUT2D eigenvalue weighted by Gasteiger charge is 2.43. The molecule has 0 aliphatic carbocycles. The fourth-order valence-corrected chi connectivity index (χ4v) is 6.64. The summed E-state index contributed by atoms with van der Waals surface area (Å²) in [4.78, 5) is 40.3. The Balaban J connectivity index is 1.14. The zero-order valence-corrected chi connectivity index (χ0v) is 24.0. The molecule has 0 spiro atoms. The molecule has 0 amide bonds. The summed E-state index contributed by atoms with van der Waals surface area (Å²) in [6.45, 7) is 1.09. The third kappa shape index (κ3) is 5.80. The van der Waals surface area contributed by atoms with E-state index < -0.39 is 39.8 Å². The first-order valence-electron chi connectivity index (χ1n) is 12.9. The van der Waals surface area contributed by atoms with Gasteiger partial charge in [-0.15, -0.1) is 9.42 Å². The molecule has 4 aromatic heterocycles. The number of fused-ring (bicyclic) bond motifs is 2. The monoisotopic (exact) mass is 624 g/mol. The summed E-state index contributed by atoms with van der Waals surface area (Å²) in [7, 11) is -6.57. The Labute approximate surface area is 237 Å². The van der Waals surface area contributed by atoms with E-state index in [0.717, 1.165) is 5.39 Å². The summed E-state index contributed by atoms with van der Waals surface area (Å²) in [5.74, 6) is 0.244. The minimum absolute atomic E-state index is 0.00214. The topological polar surface area (TPSA) is 247 Å². The highest BCUT2D eigenvalue weighted by atomic mass is 31.2. The SMILES string of the molecule is CP(=O)(OCC1CC[C@H](n2ccc3c(N)ncnc32)O1)OC1C[C@@H](CO[P+](=O)O)O[C@H]1n1cnc2c(=O)[nH]c(N)nc21. The van der Waals surface area contributed by atoms with Crippen molar-refractivity contribution < 1.29 is 37.1 Å². The van der Waals surface area contributed by atoms with Crippen LogP contribution in [0.5, 0.6) is 0 Å². The van der Waals surface area contributed by atoms with Crippen LogP contribution in [0.25, 0.3) is 22.2 Å². The van der Waals surface area contributed by atoms with Gasteiger partial charge < -0.3 is 34.6 Å². The second kappa shape index (κ2) is 11.4. The first-order valence-corrected chi connectivity index (χ1v) is 16.0. The van der Waals surface area contributed by atoms with E-state index in [4.69, 9.17) is 39.4 Å².